The largest absolute Gasteiger partial charge is 0.398 e. The third-order valence-electron chi connectivity index (χ3n) is 2.87. The molecule has 0 saturated heterocycles. The molecule has 0 aliphatic carbocycles. The Hall–Kier alpha value is -2.37. The number of hydrogen-bond acceptors (Lipinski definition) is 5. The van der Waals surface area contributed by atoms with Gasteiger partial charge in [-0.1, -0.05) is 0 Å². The molecule has 1 aromatic carbocycles. The van der Waals surface area contributed by atoms with Crippen LogP contribution in [0.1, 0.15) is 11.3 Å². The van der Waals surface area contributed by atoms with Gasteiger partial charge in [0.15, 0.2) is 0 Å². The van der Waals surface area contributed by atoms with Gasteiger partial charge in [-0.2, -0.15) is 10.4 Å². The molecule has 0 aliphatic heterocycles. The Labute approximate surface area is 123 Å². The topological polar surface area (TPSA) is 114 Å². The summed E-state index contributed by atoms with van der Waals surface area (Å²) in [7, 11) is -1.90. The summed E-state index contributed by atoms with van der Waals surface area (Å²) in [6.07, 6.45) is 2.28. The van der Waals surface area contributed by atoms with Crippen LogP contribution in [-0.2, 0) is 23.5 Å². The first-order valence-corrected chi connectivity index (χ1v) is 7.68. The summed E-state index contributed by atoms with van der Waals surface area (Å²) in [5, 5.41) is 12.9. The summed E-state index contributed by atoms with van der Waals surface area (Å²) in [5.74, 6) is 0. The molecular weight excluding hydrogens is 290 g/mol. The number of nitrogens with two attached hydrogens (primary N) is 1. The van der Waals surface area contributed by atoms with Crippen LogP contribution in [0.2, 0.25) is 0 Å². The quantitative estimate of drug-likeness (QED) is 0.776. The van der Waals surface area contributed by atoms with Gasteiger partial charge in [0, 0.05) is 26.2 Å². The summed E-state index contributed by atoms with van der Waals surface area (Å²) < 4.78 is 28.4. The Morgan fingerprint density at radius 2 is 2.19 bits per heavy atom. The number of anilines is 1. The van der Waals surface area contributed by atoms with Crippen LogP contribution >= 0.6 is 0 Å². The minimum Gasteiger partial charge on any atom is -0.398 e. The maximum atomic E-state index is 12.1. The maximum absolute atomic E-state index is 12.1. The van der Waals surface area contributed by atoms with Gasteiger partial charge < -0.3 is 5.73 Å². The van der Waals surface area contributed by atoms with E-state index in [-0.39, 0.29) is 17.1 Å². The molecule has 2 rings (SSSR count). The summed E-state index contributed by atoms with van der Waals surface area (Å²) in [6.45, 7) is 0.221. The van der Waals surface area contributed by atoms with E-state index in [9.17, 15) is 8.42 Å². The summed E-state index contributed by atoms with van der Waals surface area (Å²) in [5.41, 5.74) is 6.86. The third-order valence-corrected chi connectivity index (χ3v) is 4.41. The van der Waals surface area contributed by atoms with Gasteiger partial charge in [0.25, 0.3) is 0 Å². The molecule has 0 atom stereocenters. The molecular formula is C13H15N5O2S. The average molecular weight is 305 g/mol. The number of aryl methyl sites for hydroxylation is 1. The van der Waals surface area contributed by atoms with E-state index in [0.717, 1.165) is 5.69 Å². The molecule has 2 aromatic rings. The number of nitrogens with zero attached hydrogens (tertiary/aromatic N) is 3. The zero-order chi connectivity index (χ0) is 15.5. The van der Waals surface area contributed by atoms with Crippen LogP contribution in [0.5, 0.6) is 0 Å². The van der Waals surface area contributed by atoms with Crippen LogP contribution < -0.4 is 10.5 Å². The molecule has 0 radical (unpaired) electrons. The molecule has 7 nitrogen and oxygen atoms in total. The van der Waals surface area contributed by atoms with Gasteiger partial charge in [-0.3, -0.25) is 4.68 Å². The van der Waals surface area contributed by atoms with Crippen LogP contribution in [0.4, 0.5) is 5.69 Å². The highest BCUT2D eigenvalue weighted by Gasteiger charge is 2.17. The van der Waals surface area contributed by atoms with Crippen molar-refractivity contribution >= 4 is 15.7 Å². The van der Waals surface area contributed by atoms with E-state index in [1.165, 1.54) is 18.2 Å². The summed E-state index contributed by atoms with van der Waals surface area (Å²) in [6, 6.07) is 7.82. The van der Waals surface area contributed by atoms with Crippen molar-refractivity contribution in [3.63, 3.8) is 0 Å². The maximum Gasteiger partial charge on any atom is 0.242 e. The second-order valence-corrected chi connectivity index (χ2v) is 6.23. The normalized spacial score (nSPS) is 11.2. The Balaban J connectivity index is 2.06. The first kappa shape index (κ1) is 15.0. The fraction of sp³-hybridized carbons (Fsp3) is 0.231. The van der Waals surface area contributed by atoms with Crippen molar-refractivity contribution in [2.75, 3.05) is 12.3 Å². The van der Waals surface area contributed by atoms with Crippen molar-refractivity contribution < 1.29 is 8.42 Å². The number of benzene rings is 1. The van der Waals surface area contributed by atoms with Gasteiger partial charge in [0.2, 0.25) is 10.0 Å². The molecule has 1 aromatic heterocycles. The molecule has 0 spiro atoms. The number of nitrogens with one attached hydrogen (secondary N) is 1. The van der Waals surface area contributed by atoms with Gasteiger partial charge in [-0.15, -0.1) is 0 Å². The van der Waals surface area contributed by atoms with E-state index in [0.29, 0.717) is 12.0 Å². The van der Waals surface area contributed by atoms with Crippen LogP contribution in [0.25, 0.3) is 0 Å². The van der Waals surface area contributed by atoms with Crippen LogP contribution in [0, 0.1) is 11.3 Å². The lowest BCUT2D eigenvalue weighted by Gasteiger charge is -2.08. The lowest BCUT2D eigenvalue weighted by molar-refractivity contribution is 0.581. The Bertz CT molecular complexity index is 789. The second kappa shape index (κ2) is 5.95. The monoisotopic (exact) mass is 305 g/mol. The van der Waals surface area contributed by atoms with Gasteiger partial charge in [0.05, 0.1) is 23.0 Å². The third kappa shape index (κ3) is 3.59. The molecule has 1 heterocycles. The van der Waals surface area contributed by atoms with Crippen molar-refractivity contribution in [1.29, 1.82) is 5.26 Å². The molecule has 0 bridgehead atoms. The molecule has 0 fully saturated rings. The number of nitrogen functional groups attached to an aromatic ring is 1. The number of nitriles is 1. The summed E-state index contributed by atoms with van der Waals surface area (Å²) in [4.78, 5) is -0.0254. The molecule has 3 N–H and O–H groups in total. The Morgan fingerprint density at radius 3 is 2.76 bits per heavy atom. The van der Waals surface area contributed by atoms with E-state index in [2.05, 4.69) is 9.82 Å². The first-order valence-electron chi connectivity index (χ1n) is 6.20. The standard InChI is InChI=1S/C13H15N5O2S/c1-18-7-5-11(17-18)4-6-16-21(19,20)13-3-2-10(9-14)8-12(13)15/h2-3,5,7-8,16H,4,6,15H2,1H3. The van der Waals surface area contributed by atoms with Crippen molar-refractivity contribution in [3.8, 4) is 6.07 Å². The van der Waals surface area contributed by atoms with E-state index in [1.54, 1.807) is 17.9 Å². The molecule has 0 unspecified atom stereocenters. The van der Waals surface area contributed by atoms with Gasteiger partial charge in [-0.05, 0) is 24.3 Å². The van der Waals surface area contributed by atoms with Crippen molar-refractivity contribution in [2.24, 2.45) is 7.05 Å². The van der Waals surface area contributed by atoms with Crippen LogP contribution in [-0.4, -0.2) is 24.7 Å². The molecule has 0 amide bonds. The van der Waals surface area contributed by atoms with E-state index in [1.807, 2.05) is 12.1 Å². The average Bonchev–Trinajstić information content (AvgIpc) is 2.83. The zero-order valence-electron chi connectivity index (χ0n) is 11.4. The van der Waals surface area contributed by atoms with Crippen molar-refractivity contribution in [2.45, 2.75) is 11.3 Å². The van der Waals surface area contributed by atoms with E-state index in [4.69, 9.17) is 11.0 Å². The predicted molar refractivity (Wildman–Crippen MR) is 77.7 cm³/mol. The van der Waals surface area contributed by atoms with Crippen LogP contribution in [0.3, 0.4) is 0 Å². The van der Waals surface area contributed by atoms with E-state index < -0.39 is 10.0 Å². The molecule has 8 heteroatoms. The highest BCUT2D eigenvalue weighted by Crippen LogP contribution is 2.19. The number of aromatic nitrogens is 2. The highest BCUT2D eigenvalue weighted by molar-refractivity contribution is 7.89. The lowest BCUT2D eigenvalue weighted by atomic mass is 10.2. The smallest absolute Gasteiger partial charge is 0.242 e. The van der Waals surface area contributed by atoms with Crippen molar-refractivity contribution in [3.05, 3.63) is 41.7 Å². The fourth-order valence-electron chi connectivity index (χ4n) is 1.85. The molecule has 110 valence electrons. The highest BCUT2D eigenvalue weighted by atomic mass is 32.2. The number of hydrogen-bond donors (Lipinski definition) is 2. The lowest BCUT2D eigenvalue weighted by Crippen LogP contribution is -2.26. The minimum atomic E-state index is -3.70. The first-order chi connectivity index (χ1) is 9.92. The molecule has 0 aliphatic rings. The van der Waals surface area contributed by atoms with E-state index >= 15 is 0 Å². The minimum absolute atomic E-state index is 0.0254. The molecule has 21 heavy (non-hydrogen) atoms. The van der Waals surface area contributed by atoms with Crippen LogP contribution in [0.15, 0.2) is 35.4 Å². The molecule has 0 saturated carbocycles. The summed E-state index contributed by atoms with van der Waals surface area (Å²) >= 11 is 0. The van der Waals surface area contributed by atoms with Gasteiger partial charge in [-0.25, -0.2) is 13.1 Å². The number of sulfonamides is 1. The Kier molecular flexibility index (Phi) is 4.26. The number of rotatable bonds is 5. The zero-order valence-corrected chi connectivity index (χ0v) is 12.3. The second-order valence-electron chi connectivity index (χ2n) is 4.49. The van der Waals surface area contributed by atoms with Gasteiger partial charge >= 0.3 is 0 Å². The van der Waals surface area contributed by atoms with Crippen molar-refractivity contribution in [1.82, 2.24) is 14.5 Å². The predicted octanol–water partition coefficient (Wildman–Crippen LogP) is 0.395. The Morgan fingerprint density at radius 1 is 1.43 bits per heavy atom. The fourth-order valence-corrected chi connectivity index (χ4v) is 2.99. The van der Waals surface area contributed by atoms with Gasteiger partial charge in [0.1, 0.15) is 4.90 Å². The SMILES string of the molecule is Cn1ccc(CCNS(=O)(=O)c2ccc(C#N)cc2N)n1.